The normalized spacial score (nSPS) is 27.0. The van der Waals surface area contributed by atoms with E-state index in [0.717, 1.165) is 25.2 Å². The monoisotopic (exact) mass is 194 g/mol. The molecule has 0 aromatic carbocycles. The van der Waals surface area contributed by atoms with Gasteiger partial charge in [-0.25, -0.2) is 0 Å². The molecule has 1 aliphatic carbocycles. The van der Waals surface area contributed by atoms with Gasteiger partial charge in [0.25, 0.3) is 0 Å². The molecule has 0 aliphatic heterocycles. The average molecular weight is 194 g/mol. The van der Waals surface area contributed by atoms with Gasteiger partial charge in [-0.05, 0) is 44.1 Å². The lowest BCUT2D eigenvalue weighted by molar-refractivity contribution is 0.177. The van der Waals surface area contributed by atoms with E-state index in [9.17, 15) is 5.11 Å². The van der Waals surface area contributed by atoms with E-state index < -0.39 is 0 Å². The molecule has 0 spiro atoms. The lowest BCUT2D eigenvalue weighted by Crippen LogP contribution is -2.04. The number of hydrogen-bond acceptors (Lipinski definition) is 2. The zero-order valence-corrected chi connectivity index (χ0v) is 8.69. The number of hydrogen-bond donors (Lipinski definition) is 1. The highest BCUT2D eigenvalue weighted by molar-refractivity contribution is 5.00. The zero-order valence-electron chi connectivity index (χ0n) is 8.69. The Labute approximate surface area is 84.7 Å². The van der Waals surface area contributed by atoms with Crippen LogP contribution >= 0.6 is 0 Å². The largest absolute Gasteiger partial charge is 0.393 e. The second-order valence-electron chi connectivity index (χ2n) is 4.32. The molecule has 2 rings (SSSR count). The van der Waals surface area contributed by atoms with Gasteiger partial charge in [0, 0.05) is 18.9 Å². The molecule has 1 aliphatic rings. The van der Waals surface area contributed by atoms with Crippen LogP contribution in [0.5, 0.6) is 0 Å². The summed E-state index contributed by atoms with van der Waals surface area (Å²) in [7, 11) is 1.98. The van der Waals surface area contributed by atoms with E-state index in [1.54, 1.807) is 0 Å². The number of aliphatic hydroxyl groups is 1. The topological polar surface area (TPSA) is 38.0 Å². The summed E-state index contributed by atoms with van der Waals surface area (Å²) in [4.78, 5) is 0. The van der Waals surface area contributed by atoms with Crippen LogP contribution < -0.4 is 0 Å². The van der Waals surface area contributed by atoms with Gasteiger partial charge in [-0.1, -0.05) is 0 Å². The van der Waals surface area contributed by atoms with Gasteiger partial charge in [0.15, 0.2) is 0 Å². The van der Waals surface area contributed by atoms with E-state index in [1.807, 2.05) is 17.9 Å². The first-order valence-corrected chi connectivity index (χ1v) is 5.40. The molecule has 0 bridgehead atoms. The third-order valence-electron chi connectivity index (χ3n) is 3.24. The van der Waals surface area contributed by atoms with Crippen LogP contribution in [0.3, 0.4) is 0 Å². The second-order valence-corrected chi connectivity index (χ2v) is 4.32. The van der Waals surface area contributed by atoms with Crippen molar-refractivity contribution >= 4 is 0 Å². The van der Waals surface area contributed by atoms with Gasteiger partial charge in [-0.15, -0.1) is 0 Å². The molecule has 0 radical (unpaired) electrons. The summed E-state index contributed by atoms with van der Waals surface area (Å²) in [6.07, 6.45) is 7.28. The molecule has 3 heteroatoms. The SMILES string of the molecule is Cn1nccc1CCC1CCC(O)C1. The van der Waals surface area contributed by atoms with Crippen molar-refractivity contribution in [2.45, 2.75) is 38.2 Å². The van der Waals surface area contributed by atoms with Crippen molar-refractivity contribution < 1.29 is 5.11 Å². The van der Waals surface area contributed by atoms with Crippen LogP contribution in [0, 0.1) is 5.92 Å². The minimum Gasteiger partial charge on any atom is -0.393 e. The summed E-state index contributed by atoms with van der Waals surface area (Å²) in [5.74, 6) is 0.722. The van der Waals surface area contributed by atoms with E-state index >= 15 is 0 Å². The Hall–Kier alpha value is -0.830. The molecule has 1 saturated carbocycles. The Morgan fingerprint density at radius 2 is 2.43 bits per heavy atom. The van der Waals surface area contributed by atoms with Crippen LogP contribution in [0.4, 0.5) is 0 Å². The second kappa shape index (κ2) is 4.13. The first-order chi connectivity index (χ1) is 6.75. The maximum Gasteiger partial charge on any atom is 0.0543 e. The highest BCUT2D eigenvalue weighted by Gasteiger charge is 2.22. The third kappa shape index (κ3) is 2.15. The van der Waals surface area contributed by atoms with Gasteiger partial charge in [0.05, 0.1) is 6.10 Å². The number of nitrogens with zero attached hydrogens (tertiary/aromatic N) is 2. The summed E-state index contributed by atoms with van der Waals surface area (Å²) >= 11 is 0. The zero-order chi connectivity index (χ0) is 9.97. The lowest BCUT2D eigenvalue weighted by atomic mass is 10.0. The number of aryl methyl sites for hydroxylation is 2. The summed E-state index contributed by atoms with van der Waals surface area (Å²) in [5.41, 5.74) is 1.30. The van der Waals surface area contributed by atoms with Gasteiger partial charge in [0.1, 0.15) is 0 Å². The van der Waals surface area contributed by atoms with Crippen molar-refractivity contribution in [1.29, 1.82) is 0 Å². The Kier molecular flexibility index (Phi) is 2.87. The number of rotatable bonds is 3. The maximum absolute atomic E-state index is 9.39. The first kappa shape index (κ1) is 9.71. The quantitative estimate of drug-likeness (QED) is 0.792. The van der Waals surface area contributed by atoms with Gasteiger partial charge in [0.2, 0.25) is 0 Å². The van der Waals surface area contributed by atoms with Gasteiger partial charge in [-0.3, -0.25) is 4.68 Å². The highest BCUT2D eigenvalue weighted by atomic mass is 16.3. The summed E-state index contributed by atoms with van der Waals surface area (Å²) in [5, 5.41) is 13.5. The van der Waals surface area contributed by atoms with E-state index in [-0.39, 0.29) is 6.10 Å². The van der Waals surface area contributed by atoms with Gasteiger partial charge >= 0.3 is 0 Å². The predicted molar refractivity (Wildman–Crippen MR) is 54.9 cm³/mol. The molecular weight excluding hydrogens is 176 g/mol. The van der Waals surface area contributed by atoms with Crippen molar-refractivity contribution in [2.24, 2.45) is 13.0 Å². The van der Waals surface area contributed by atoms with Crippen LogP contribution in [-0.2, 0) is 13.5 Å². The van der Waals surface area contributed by atoms with Crippen molar-refractivity contribution in [3.05, 3.63) is 18.0 Å². The van der Waals surface area contributed by atoms with Crippen molar-refractivity contribution in [3.8, 4) is 0 Å². The fourth-order valence-corrected chi connectivity index (χ4v) is 2.31. The lowest BCUT2D eigenvalue weighted by Gasteiger charge is -2.08. The van der Waals surface area contributed by atoms with Crippen molar-refractivity contribution in [3.63, 3.8) is 0 Å². The summed E-state index contributed by atoms with van der Waals surface area (Å²) < 4.78 is 1.94. The van der Waals surface area contributed by atoms with Gasteiger partial charge in [-0.2, -0.15) is 5.10 Å². The van der Waals surface area contributed by atoms with Crippen LogP contribution in [0.1, 0.15) is 31.4 Å². The van der Waals surface area contributed by atoms with Crippen LogP contribution in [0.2, 0.25) is 0 Å². The molecule has 1 N–H and O–H groups in total. The average Bonchev–Trinajstić information content (AvgIpc) is 2.72. The summed E-state index contributed by atoms with van der Waals surface area (Å²) in [6.45, 7) is 0. The molecular formula is C11H18N2O. The van der Waals surface area contributed by atoms with E-state index in [1.165, 1.54) is 18.5 Å². The van der Waals surface area contributed by atoms with Gasteiger partial charge < -0.3 is 5.11 Å². The molecule has 2 unspecified atom stereocenters. The Morgan fingerprint density at radius 1 is 1.57 bits per heavy atom. The standard InChI is InChI=1S/C11H18N2O/c1-13-10(6-7-12-13)4-2-9-3-5-11(14)8-9/h6-7,9,11,14H,2-5,8H2,1H3. The molecule has 1 fully saturated rings. The maximum atomic E-state index is 9.39. The predicted octanol–water partition coefficient (Wildman–Crippen LogP) is 1.51. The molecule has 2 atom stereocenters. The first-order valence-electron chi connectivity index (χ1n) is 5.40. The molecule has 1 aromatic heterocycles. The van der Waals surface area contributed by atoms with Crippen molar-refractivity contribution in [1.82, 2.24) is 9.78 Å². The van der Waals surface area contributed by atoms with Crippen molar-refractivity contribution in [2.75, 3.05) is 0 Å². The van der Waals surface area contributed by atoms with Crippen LogP contribution in [0.15, 0.2) is 12.3 Å². The molecule has 3 nitrogen and oxygen atoms in total. The molecule has 0 amide bonds. The number of aliphatic hydroxyl groups excluding tert-OH is 1. The van der Waals surface area contributed by atoms with E-state index in [0.29, 0.717) is 0 Å². The molecule has 1 aromatic rings. The van der Waals surface area contributed by atoms with E-state index in [2.05, 4.69) is 11.2 Å². The smallest absolute Gasteiger partial charge is 0.0543 e. The molecule has 0 saturated heterocycles. The Balaban J connectivity index is 1.80. The highest BCUT2D eigenvalue weighted by Crippen LogP contribution is 2.28. The molecule has 78 valence electrons. The number of aromatic nitrogens is 2. The van der Waals surface area contributed by atoms with E-state index in [4.69, 9.17) is 0 Å². The molecule has 14 heavy (non-hydrogen) atoms. The fourth-order valence-electron chi connectivity index (χ4n) is 2.31. The minimum atomic E-state index is -0.0356. The van der Waals surface area contributed by atoms with Crippen LogP contribution in [0.25, 0.3) is 0 Å². The van der Waals surface area contributed by atoms with Crippen LogP contribution in [-0.4, -0.2) is 21.0 Å². The third-order valence-corrected chi connectivity index (χ3v) is 3.24. The fraction of sp³-hybridized carbons (Fsp3) is 0.727. The minimum absolute atomic E-state index is 0.0356. The Bertz CT molecular complexity index is 295. The Morgan fingerprint density at radius 3 is 3.00 bits per heavy atom. The summed E-state index contributed by atoms with van der Waals surface area (Å²) in [6, 6.07) is 2.07. The molecule has 1 heterocycles.